The van der Waals surface area contributed by atoms with Gasteiger partial charge in [0.05, 0.1) is 18.5 Å². The zero-order chi connectivity index (χ0) is 16.4. The van der Waals surface area contributed by atoms with Crippen molar-refractivity contribution in [1.82, 2.24) is 4.98 Å². The minimum atomic E-state index is -0.440. The van der Waals surface area contributed by atoms with Crippen LogP contribution in [0.4, 0.5) is 4.39 Å². The van der Waals surface area contributed by atoms with Gasteiger partial charge in [-0.05, 0) is 40.1 Å². The molecule has 1 atom stereocenters. The van der Waals surface area contributed by atoms with Crippen molar-refractivity contribution >= 4 is 15.9 Å². The van der Waals surface area contributed by atoms with Crippen LogP contribution in [0, 0.1) is 11.7 Å². The lowest BCUT2D eigenvalue weighted by atomic mass is 9.93. The number of pyridine rings is 1. The summed E-state index contributed by atoms with van der Waals surface area (Å²) in [7, 11) is 0. The Bertz CT molecular complexity index is 515. The zero-order valence-corrected chi connectivity index (χ0v) is 13.9. The Morgan fingerprint density at radius 2 is 2.05 bits per heavy atom. The van der Waals surface area contributed by atoms with Crippen LogP contribution in [0.3, 0.4) is 0 Å². The van der Waals surface area contributed by atoms with Crippen molar-refractivity contribution in [3.8, 4) is 0 Å². The van der Waals surface area contributed by atoms with Crippen molar-refractivity contribution in [3.05, 3.63) is 64.9 Å². The predicted octanol–water partition coefficient (Wildman–Crippen LogP) is 4.34. The van der Waals surface area contributed by atoms with E-state index in [0.717, 1.165) is 6.20 Å². The molecule has 0 spiro atoms. The molecule has 5 heteroatoms. The highest BCUT2D eigenvalue weighted by molar-refractivity contribution is 9.10. The molecule has 0 aliphatic heterocycles. The van der Waals surface area contributed by atoms with Crippen LogP contribution in [0.15, 0.2) is 53.4 Å². The molecule has 0 aliphatic carbocycles. The van der Waals surface area contributed by atoms with Crippen LogP contribution in [0.25, 0.3) is 0 Å². The van der Waals surface area contributed by atoms with Gasteiger partial charge in [-0.2, -0.15) is 0 Å². The Kier molecular flexibility index (Phi) is 9.58. The van der Waals surface area contributed by atoms with Crippen molar-refractivity contribution in [2.24, 2.45) is 5.92 Å². The third kappa shape index (κ3) is 5.81. The molecule has 1 unspecified atom stereocenters. The van der Waals surface area contributed by atoms with Gasteiger partial charge < -0.3 is 10.2 Å². The molecule has 1 aromatic heterocycles. The highest BCUT2D eigenvalue weighted by atomic mass is 79.9. The number of allylic oxidation sites excluding steroid dienone is 2. The average Bonchev–Trinajstić information content (AvgIpc) is 2.50. The lowest BCUT2D eigenvalue weighted by molar-refractivity contribution is 0.242. The van der Waals surface area contributed by atoms with Gasteiger partial charge in [-0.3, -0.25) is 4.98 Å². The third-order valence-electron chi connectivity index (χ3n) is 2.69. The Morgan fingerprint density at radius 1 is 1.43 bits per heavy atom. The summed E-state index contributed by atoms with van der Waals surface area (Å²) in [5, 5.41) is 19.1. The fourth-order valence-corrected chi connectivity index (χ4v) is 2.18. The van der Waals surface area contributed by atoms with E-state index in [0.29, 0.717) is 22.2 Å². The second-order valence-electron chi connectivity index (χ2n) is 3.91. The van der Waals surface area contributed by atoms with Crippen molar-refractivity contribution in [2.75, 3.05) is 6.61 Å². The smallest absolute Gasteiger partial charge is 0.142 e. The predicted molar refractivity (Wildman–Crippen MR) is 87.6 cm³/mol. The highest BCUT2D eigenvalue weighted by Crippen LogP contribution is 2.24. The van der Waals surface area contributed by atoms with Crippen LogP contribution in [0.2, 0.25) is 0 Å². The summed E-state index contributed by atoms with van der Waals surface area (Å²) < 4.78 is 13.5. The quantitative estimate of drug-likeness (QED) is 0.587. The number of halogens is 2. The van der Waals surface area contributed by atoms with Gasteiger partial charge in [-0.25, -0.2) is 4.39 Å². The molecule has 0 aliphatic rings. The summed E-state index contributed by atoms with van der Waals surface area (Å²) in [6.07, 6.45) is 4.21. The summed E-state index contributed by atoms with van der Waals surface area (Å²) in [5.41, 5.74) is 1.08. The van der Waals surface area contributed by atoms with E-state index in [1.54, 1.807) is 0 Å². The summed E-state index contributed by atoms with van der Waals surface area (Å²) in [6, 6.07) is 1.31. The fourth-order valence-electron chi connectivity index (χ4n) is 1.70. The van der Waals surface area contributed by atoms with Gasteiger partial charge in [0.1, 0.15) is 11.6 Å². The zero-order valence-electron chi connectivity index (χ0n) is 12.3. The van der Waals surface area contributed by atoms with E-state index in [4.69, 9.17) is 0 Å². The van der Waals surface area contributed by atoms with Gasteiger partial charge in [-0.15, -0.1) is 0 Å². The first-order chi connectivity index (χ1) is 10.0. The van der Waals surface area contributed by atoms with Gasteiger partial charge in [0.25, 0.3) is 0 Å². The monoisotopic (exact) mass is 357 g/mol. The van der Waals surface area contributed by atoms with Gasteiger partial charge >= 0.3 is 0 Å². The molecule has 0 bridgehead atoms. The summed E-state index contributed by atoms with van der Waals surface area (Å²) in [4.78, 5) is 3.97. The van der Waals surface area contributed by atoms with Crippen molar-refractivity contribution in [1.29, 1.82) is 0 Å². The lowest BCUT2D eigenvalue weighted by Crippen LogP contribution is -2.14. The normalized spacial score (nSPS) is 12.6. The number of hydrogen-bond acceptors (Lipinski definition) is 3. The van der Waals surface area contributed by atoms with Crippen LogP contribution in [-0.4, -0.2) is 21.8 Å². The molecular weight excluding hydrogens is 337 g/mol. The van der Waals surface area contributed by atoms with Crippen LogP contribution in [-0.2, 0) is 6.42 Å². The van der Waals surface area contributed by atoms with Gasteiger partial charge in [0.2, 0.25) is 0 Å². The molecule has 0 amide bonds. The minimum absolute atomic E-state index is 0.0349. The number of aliphatic hydroxyl groups excluding tert-OH is 2. The average molecular weight is 358 g/mol. The van der Waals surface area contributed by atoms with E-state index in [9.17, 15) is 14.6 Å². The summed E-state index contributed by atoms with van der Waals surface area (Å²) in [6.45, 7) is 10.9. The maximum absolute atomic E-state index is 13.0. The maximum atomic E-state index is 13.0. The number of aromatic nitrogens is 1. The SMILES string of the molecule is C=C/C(O)=C(\C=C)C(CO)Cc1ncc(F)cc1Br.CC. The van der Waals surface area contributed by atoms with Crippen molar-refractivity contribution in [2.45, 2.75) is 20.3 Å². The molecule has 0 fully saturated rings. The lowest BCUT2D eigenvalue weighted by Gasteiger charge is -2.16. The Balaban J connectivity index is 0.00000191. The summed E-state index contributed by atoms with van der Waals surface area (Å²) >= 11 is 3.22. The molecule has 0 saturated carbocycles. The topological polar surface area (TPSA) is 53.4 Å². The van der Waals surface area contributed by atoms with E-state index in [2.05, 4.69) is 34.1 Å². The van der Waals surface area contributed by atoms with Crippen molar-refractivity contribution in [3.63, 3.8) is 0 Å². The largest absolute Gasteiger partial charge is 0.508 e. The van der Waals surface area contributed by atoms with Gasteiger partial charge in [0, 0.05) is 10.4 Å². The highest BCUT2D eigenvalue weighted by Gasteiger charge is 2.17. The summed E-state index contributed by atoms with van der Waals surface area (Å²) in [5.74, 6) is -0.860. The third-order valence-corrected chi connectivity index (χ3v) is 3.38. The molecule has 1 heterocycles. The molecule has 1 aromatic rings. The Hall–Kier alpha value is -1.46. The Morgan fingerprint density at radius 3 is 2.48 bits per heavy atom. The van der Waals surface area contributed by atoms with E-state index in [-0.39, 0.29) is 18.3 Å². The fraction of sp³-hybridized carbons (Fsp3) is 0.312. The van der Waals surface area contributed by atoms with E-state index in [1.165, 1.54) is 18.2 Å². The first-order valence-corrected chi connectivity index (χ1v) is 7.41. The second-order valence-corrected chi connectivity index (χ2v) is 4.77. The van der Waals surface area contributed by atoms with Crippen molar-refractivity contribution < 1.29 is 14.6 Å². The molecule has 3 nitrogen and oxygen atoms in total. The molecule has 21 heavy (non-hydrogen) atoms. The number of nitrogens with zero attached hydrogens (tertiary/aromatic N) is 1. The van der Waals surface area contributed by atoms with Crippen LogP contribution >= 0.6 is 15.9 Å². The Labute approximate surface area is 133 Å². The standard InChI is InChI=1S/C14H15BrFNO2.C2H6/c1-3-11(14(19)4-2)9(8-18)5-13-12(15)6-10(16)7-17-13;1-2/h3-4,6-7,9,18-19H,1-2,5,8H2;1-2H3/b14-11-;. The maximum Gasteiger partial charge on any atom is 0.142 e. The minimum Gasteiger partial charge on any atom is -0.508 e. The molecule has 0 radical (unpaired) electrons. The van der Waals surface area contributed by atoms with E-state index < -0.39 is 5.82 Å². The number of aliphatic hydroxyl groups is 2. The van der Waals surface area contributed by atoms with Crippen LogP contribution in [0.1, 0.15) is 19.5 Å². The van der Waals surface area contributed by atoms with Gasteiger partial charge in [-0.1, -0.05) is 33.1 Å². The first-order valence-electron chi connectivity index (χ1n) is 6.62. The van der Waals surface area contributed by atoms with Crippen LogP contribution < -0.4 is 0 Å². The molecule has 1 rings (SSSR count). The number of rotatable bonds is 6. The number of hydrogen-bond donors (Lipinski definition) is 2. The van der Waals surface area contributed by atoms with E-state index >= 15 is 0 Å². The molecule has 0 aromatic carbocycles. The molecular formula is C16H21BrFNO2. The molecule has 116 valence electrons. The van der Waals surface area contributed by atoms with Crippen LogP contribution in [0.5, 0.6) is 0 Å². The van der Waals surface area contributed by atoms with E-state index in [1.807, 2.05) is 13.8 Å². The molecule has 2 N–H and O–H groups in total. The van der Waals surface area contributed by atoms with Gasteiger partial charge in [0.15, 0.2) is 0 Å². The first kappa shape index (κ1) is 19.5. The second kappa shape index (κ2) is 10.3. The molecule has 0 saturated heterocycles.